The lowest BCUT2D eigenvalue weighted by molar-refractivity contribution is 0.143. The quantitative estimate of drug-likeness (QED) is 0.684. The molecule has 4 heteroatoms. The summed E-state index contributed by atoms with van der Waals surface area (Å²) in [6, 6.07) is 0.265. The van der Waals surface area contributed by atoms with Crippen molar-refractivity contribution in [2.75, 3.05) is 19.8 Å². The first-order chi connectivity index (χ1) is 7.84. The van der Waals surface area contributed by atoms with E-state index in [0.717, 1.165) is 38.3 Å². The minimum Gasteiger partial charge on any atom is -0.382 e. The van der Waals surface area contributed by atoms with Crippen molar-refractivity contribution in [2.45, 2.75) is 32.7 Å². The lowest BCUT2D eigenvalue weighted by Crippen LogP contribution is -2.21. The zero-order valence-electron chi connectivity index (χ0n) is 10.1. The van der Waals surface area contributed by atoms with Crippen LogP contribution in [0.15, 0.2) is 18.6 Å². The lowest BCUT2D eigenvalue weighted by Gasteiger charge is -2.12. The van der Waals surface area contributed by atoms with Crippen molar-refractivity contribution >= 4 is 0 Å². The van der Waals surface area contributed by atoms with Crippen molar-refractivity contribution in [2.24, 2.45) is 0 Å². The van der Waals surface area contributed by atoms with E-state index in [1.54, 1.807) is 18.6 Å². The fourth-order valence-corrected chi connectivity index (χ4v) is 1.43. The SMILES string of the molecule is CCOCCCCNC(C)c1cnccn1. The summed E-state index contributed by atoms with van der Waals surface area (Å²) in [5, 5.41) is 3.42. The molecular weight excluding hydrogens is 202 g/mol. The number of nitrogens with one attached hydrogen (secondary N) is 1. The number of ether oxygens (including phenoxy) is 1. The van der Waals surface area contributed by atoms with Gasteiger partial charge in [-0.3, -0.25) is 9.97 Å². The largest absolute Gasteiger partial charge is 0.382 e. The van der Waals surface area contributed by atoms with E-state index < -0.39 is 0 Å². The molecule has 1 heterocycles. The molecule has 0 radical (unpaired) electrons. The van der Waals surface area contributed by atoms with Crippen LogP contribution in [0.1, 0.15) is 38.4 Å². The van der Waals surface area contributed by atoms with Crippen molar-refractivity contribution in [1.29, 1.82) is 0 Å². The smallest absolute Gasteiger partial charge is 0.0753 e. The Morgan fingerprint density at radius 1 is 1.38 bits per heavy atom. The zero-order valence-corrected chi connectivity index (χ0v) is 10.1. The Hall–Kier alpha value is -1.00. The molecule has 0 saturated heterocycles. The highest BCUT2D eigenvalue weighted by molar-refractivity contribution is 5.00. The first-order valence-electron chi connectivity index (χ1n) is 5.91. The number of hydrogen-bond acceptors (Lipinski definition) is 4. The summed E-state index contributed by atoms with van der Waals surface area (Å²) in [5.74, 6) is 0. The third kappa shape index (κ3) is 5.19. The summed E-state index contributed by atoms with van der Waals surface area (Å²) in [7, 11) is 0. The number of aromatic nitrogens is 2. The van der Waals surface area contributed by atoms with Crippen molar-refractivity contribution in [3.63, 3.8) is 0 Å². The van der Waals surface area contributed by atoms with Crippen LogP contribution in [0.25, 0.3) is 0 Å². The Balaban J connectivity index is 2.09. The van der Waals surface area contributed by atoms with Crippen molar-refractivity contribution in [3.05, 3.63) is 24.3 Å². The van der Waals surface area contributed by atoms with Gasteiger partial charge in [0.2, 0.25) is 0 Å². The van der Waals surface area contributed by atoms with Gasteiger partial charge in [0, 0.05) is 37.8 Å². The molecule has 1 aromatic heterocycles. The van der Waals surface area contributed by atoms with E-state index in [1.165, 1.54) is 0 Å². The molecule has 0 spiro atoms. The van der Waals surface area contributed by atoms with Crippen LogP contribution in [-0.4, -0.2) is 29.7 Å². The summed E-state index contributed by atoms with van der Waals surface area (Å²) >= 11 is 0. The topological polar surface area (TPSA) is 47.0 Å². The Morgan fingerprint density at radius 3 is 2.94 bits per heavy atom. The second-order valence-electron chi connectivity index (χ2n) is 3.71. The summed E-state index contributed by atoms with van der Waals surface area (Å²) in [4.78, 5) is 8.31. The average Bonchev–Trinajstić information content (AvgIpc) is 2.34. The van der Waals surface area contributed by atoms with Crippen molar-refractivity contribution < 1.29 is 4.74 Å². The standard InChI is InChI=1S/C12H21N3O/c1-3-16-9-5-4-6-14-11(2)12-10-13-7-8-15-12/h7-8,10-11,14H,3-6,9H2,1-2H3. The van der Waals surface area contributed by atoms with Gasteiger partial charge in [-0.2, -0.15) is 0 Å². The van der Waals surface area contributed by atoms with Gasteiger partial charge in [-0.25, -0.2) is 0 Å². The van der Waals surface area contributed by atoms with Crippen LogP contribution in [0.3, 0.4) is 0 Å². The van der Waals surface area contributed by atoms with Crippen LogP contribution in [0.4, 0.5) is 0 Å². The van der Waals surface area contributed by atoms with Crippen molar-refractivity contribution in [1.82, 2.24) is 15.3 Å². The van der Waals surface area contributed by atoms with E-state index in [-0.39, 0.29) is 6.04 Å². The Morgan fingerprint density at radius 2 is 2.25 bits per heavy atom. The van der Waals surface area contributed by atoms with Crippen LogP contribution in [0, 0.1) is 0 Å². The third-order valence-corrected chi connectivity index (χ3v) is 2.40. The van der Waals surface area contributed by atoms with E-state index in [1.807, 2.05) is 6.92 Å². The molecule has 0 aliphatic heterocycles. The van der Waals surface area contributed by atoms with E-state index in [0.29, 0.717) is 0 Å². The van der Waals surface area contributed by atoms with Crippen molar-refractivity contribution in [3.8, 4) is 0 Å². The molecule has 16 heavy (non-hydrogen) atoms. The lowest BCUT2D eigenvalue weighted by atomic mass is 10.2. The molecule has 0 aliphatic rings. The minimum absolute atomic E-state index is 0.265. The first kappa shape index (κ1) is 13.1. The van der Waals surface area contributed by atoms with Gasteiger partial charge in [0.25, 0.3) is 0 Å². The predicted octanol–water partition coefficient (Wildman–Crippen LogP) is 1.94. The van der Waals surface area contributed by atoms with Crippen LogP contribution in [0.5, 0.6) is 0 Å². The molecule has 90 valence electrons. The maximum Gasteiger partial charge on any atom is 0.0753 e. The monoisotopic (exact) mass is 223 g/mol. The van der Waals surface area contributed by atoms with Gasteiger partial charge in [0.15, 0.2) is 0 Å². The van der Waals surface area contributed by atoms with Gasteiger partial charge in [0.1, 0.15) is 0 Å². The van der Waals surface area contributed by atoms with Crippen LogP contribution in [-0.2, 0) is 4.74 Å². The molecule has 0 saturated carbocycles. The normalized spacial score (nSPS) is 12.6. The average molecular weight is 223 g/mol. The summed E-state index contributed by atoms with van der Waals surface area (Å²) in [6.45, 7) is 6.78. The molecule has 0 aliphatic carbocycles. The second kappa shape index (κ2) is 8.19. The van der Waals surface area contributed by atoms with Crippen LogP contribution in [0.2, 0.25) is 0 Å². The maximum absolute atomic E-state index is 5.28. The summed E-state index contributed by atoms with van der Waals surface area (Å²) < 4.78 is 5.28. The molecule has 1 unspecified atom stereocenters. The van der Waals surface area contributed by atoms with E-state index in [2.05, 4.69) is 22.2 Å². The van der Waals surface area contributed by atoms with Crippen LogP contribution < -0.4 is 5.32 Å². The predicted molar refractivity (Wildman–Crippen MR) is 64.2 cm³/mol. The fourth-order valence-electron chi connectivity index (χ4n) is 1.43. The highest BCUT2D eigenvalue weighted by Crippen LogP contribution is 2.06. The first-order valence-corrected chi connectivity index (χ1v) is 5.91. The van der Waals surface area contributed by atoms with E-state index in [9.17, 15) is 0 Å². The highest BCUT2D eigenvalue weighted by atomic mass is 16.5. The minimum atomic E-state index is 0.265. The number of unbranched alkanes of at least 4 members (excludes halogenated alkanes) is 1. The van der Waals surface area contributed by atoms with Gasteiger partial charge in [-0.1, -0.05) is 0 Å². The summed E-state index contributed by atoms with van der Waals surface area (Å²) in [5.41, 5.74) is 0.993. The van der Waals surface area contributed by atoms with Gasteiger partial charge in [0.05, 0.1) is 5.69 Å². The van der Waals surface area contributed by atoms with Gasteiger partial charge < -0.3 is 10.1 Å². The molecule has 0 amide bonds. The zero-order chi connectivity index (χ0) is 11.6. The Bertz CT molecular complexity index is 266. The molecule has 0 fully saturated rings. The van der Waals surface area contributed by atoms with E-state index in [4.69, 9.17) is 4.74 Å². The number of rotatable bonds is 8. The highest BCUT2D eigenvalue weighted by Gasteiger charge is 2.04. The molecule has 1 rings (SSSR count). The van der Waals surface area contributed by atoms with Crippen LogP contribution >= 0.6 is 0 Å². The molecule has 1 atom stereocenters. The summed E-state index contributed by atoms with van der Waals surface area (Å²) in [6.07, 6.45) is 7.46. The van der Waals surface area contributed by atoms with E-state index >= 15 is 0 Å². The molecular formula is C12H21N3O. The Kier molecular flexibility index (Phi) is 6.69. The second-order valence-corrected chi connectivity index (χ2v) is 3.71. The fraction of sp³-hybridized carbons (Fsp3) is 0.667. The number of nitrogens with zero attached hydrogens (tertiary/aromatic N) is 2. The van der Waals surface area contributed by atoms with Gasteiger partial charge in [-0.15, -0.1) is 0 Å². The molecule has 1 aromatic rings. The van der Waals surface area contributed by atoms with Gasteiger partial charge >= 0.3 is 0 Å². The number of hydrogen-bond donors (Lipinski definition) is 1. The molecule has 0 bridgehead atoms. The third-order valence-electron chi connectivity index (χ3n) is 2.40. The maximum atomic E-state index is 5.28. The molecule has 4 nitrogen and oxygen atoms in total. The molecule has 0 aromatic carbocycles. The Labute approximate surface area is 97.5 Å². The molecule has 1 N–H and O–H groups in total. The van der Waals surface area contributed by atoms with Gasteiger partial charge in [-0.05, 0) is 33.2 Å².